The largest absolute Gasteiger partial charge is 0.355 e. The van der Waals surface area contributed by atoms with Gasteiger partial charge in [-0.2, -0.15) is 5.10 Å². The van der Waals surface area contributed by atoms with Crippen LogP contribution in [0.3, 0.4) is 0 Å². The van der Waals surface area contributed by atoms with Crippen LogP contribution in [0.1, 0.15) is 37.8 Å². The van der Waals surface area contributed by atoms with Crippen LogP contribution in [0, 0.1) is 11.8 Å². The summed E-state index contributed by atoms with van der Waals surface area (Å²) in [7, 11) is 0. The predicted molar refractivity (Wildman–Crippen MR) is 84.4 cm³/mol. The van der Waals surface area contributed by atoms with E-state index in [1.165, 1.54) is 25.0 Å². The van der Waals surface area contributed by atoms with Gasteiger partial charge in [0.05, 0.1) is 5.69 Å². The second kappa shape index (κ2) is 6.10. The fourth-order valence-corrected chi connectivity index (χ4v) is 3.96. The molecule has 0 saturated heterocycles. The van der Waals surface area contributed by atoms with Crippen LogP contribution in [0.2, 0.25) is 0 Å². The minimum atomic E-state index is -2.64. The van der Waals surface area contributed by atoms with Gasteiger partial charge >= 0.3 is 0 Å². The van der Waals surface area contributed by atoms with E-state index in [4.69, 9.17) is 0 Å². The van der Waals surface area contributed by atoms with Gasteiger partial charge in [0.2, 0.25) is 11.8 Å². The average molecular weight is 338 g/mol. The topological polar surface area (TPSA) is 50.2 Å². The van der Waals surface area contributed by atoms with Gasteiger partial charge in [-0.15, -0.1) is 0 Å². The molecule has 2 saturated carbocycles. The summed E-state index contributed by atoms with van der Waals surface area (Å²) >= 11 is 0. The van der Waals surface area contributed by atoms with E-state index in [1.807, 2.05) is 10.9 Å². The van der Waals surface area contributed by atoms with Crippen molar-refractivity contribution in [3.05, 3.63) is 18.0 Å². The highest BCUT2D eigenvalue weighted by molar-refractivity contribution is 5.79. The Kier molecular flexibility index (Phi) is 4.06. The molecule has 7 heteroatoms. The zero-order valence-electron chi connectivity index (χ0n) is 13.8. The normalized spacial score (nSPS) is 27.7. The van der Waals surface area contributed by atoms with Crippen molar-refractivity contribution in [3.63, 3.8) is 0 Å². The number of amides is 1. The van der Waals surface area contributed by atoms with Crippen LogP contribution in [-0.2, 0) is 17.9 Å². The summed E-state index contributed by atoms with van der Waals surface area (Å²) in [6.07, 6.45) is 4.99. The molecule has 0 aromatic carbocycles. The number of nitrogens with one attached hydrogen (secondary N) is 1. The van der Waals surface area contributed by atoms with E-state index in [-0.39, 0.29) is 24.7 Å². The number of hydrogen-bond acceptors (Lipinski definition) is 3. The standard InChI is InChI=1S/C17H24F2N4O/c18-17(19)6-13(7-17)16(24)20-8-12-9-22(14-2-1-3-14)11-15-4-5-21-23(15)10-12/h4-5,12-14H,1-3,6-11H2,(H,20,24)/t12-/m0/s1. The van der Waals surface area contributed by atoms with E-state index >= 15 is 0 Å². The fourth-order valence-electron chi connectivity index (χ4n) is 3.96. The second-order valence-corrected chi connectivity index (χ2v) is 7.59. The Morgan fingerprint density at radius 3 is 2.79 bits per heavy atom. The van der Waals surface area contributed by atoms with Crippen molar-refractivity contribution in [2.24, 2.45) is 11.8 Å². The van der Waals surface area contributed by atoms with Gasteiger partial charge in [0.25, 0.3) is 0 Å². The maximum absolute atomic E-state index is 12.9. The molecule has 1 aromatic heterocycles. The Bertz CT molecular complexity index is 605. The third kappa shape index (κ3) is 3.18. The van der Waals surface area contributed by atoms with Gasteiger partial charge in [0.15, 0.2) is 0 Å². The first-order chi connectivity index (χ1) is 11.5. The highest BCUT2D eigenvalue weighted by atomic mass is 19.3. The number of carbonyl (C=O) groups excluding carboxylic acids is 1. The van der Waals surface area contributed by atoms with Crippen molar-refractivity contribution < 1.29 is 13.6 Å². The van der Waals surface area contributed by atoms with Crippen molar-refractivity contribution in [2.75, 3.05) is 13.1 Å². The molecule has 2 aliphatic carbocycles. The smallest absolute Gasteiger partial charge is 0.249 e. The number of aromatic nitrogens is 2. The molecule has 2 fully saturated rings. The Hall–Kier alpha value is -1.50. The fraction of sp³-hybridized carbons (Fsp3) is 0.765. The van der Waals surface area contributed by atoms with E-state index in [2.05, 4.69) is 21.4 Å². The second-order valence-electron chi connectivity index (χ2n) is 7.59. The Labute approximate surface area is 140 Å². The maximum Gasteiger partial charge on any atom is 0.249 e. The lowest BCUT2D eigenvalue weighted by Gasteiger charge is -2.38. The number of alkyl halides is 2. The molecule has 1 amide bonds. The van der Waals surface area contributed by atoms with Crippen molar-refractivity contribution in [2.45, 2.75) is 57.2 Å². The van der Waals surface area contributed by atoms with E-state index < -0.39 is 11.8 Å². The molecule has 0 radical (unpaired) electrons. The van der Waals surface area contributed by atoms with E-state index in [1.54, 1.807) is 0 Å². The molecule has 1 aromatic rings. The number of hydrogen-bond donors (Lipinski definition) is 1. The summed E-state index contributed by atoms with van der Waals surface area (Å²) in [5.74, 6) is -3.12. The molecular weight excluding hydrogens is 314 g/mol. The molecule has 1 aliphatic heterocycles. The van der Waals surface area contributed by atoms with Crippen LogP contribution < -0.4 is 5.32 Å². The zero-order chi connectivity index (χ0) is 16.7. The monoisotopic (exact) mass is 338 g/mol. The van der Waals surface area contributed by atoms with E-state index in [0.717, 1.165) is 19.6 Å². The van der Waals surface area contributed by atoms with Crippen LogP contribution in [0.4, 0.5) is 8.78 Å². The Morgan fingerprint density at radius 1 is 1.33 bits per heavy atom. The minimum absolute atomic E-state index is 0.221. The maximum atomic E-state index is 12.9. The summed E-state index contributed by atoms with van der Waals surface area (Å²) in [5.41, 5.74) is 1.22. The third-order valence-electron chi connectivity index (χ3n) is 5.71. The number of rotatable bonds is 4. The van der Waals surface area contributed by atoms with Gasteiger partial charge in [-0.1, -0.05) is 6.42 Å². The van der Waals surface area contributed by atoms with Crippen LogP contribution in [-0.4, -0.2) is 45.6 Å². The average Bonchev–Trinajstić information content (AvgIpc) is 2.80. The summed E-state index contributed by atoms with van der Waals surface area (Å²) in [6.45, 7) is 3.13. The number of fused-ring (bicyclic) bond motifs is 1. The number of halogens is 2. The van der Waals surface area contributed by atoms with Crippen molar-refractivity contribution in [3.8, 4) is 0 Å². The van der Waals surface area contributed by atoms with E-state index in [9.17, 15) is 13.6 Å². The lowest BCUT2D eigenvalue weighted by atomic mass is 9.80. The molecular formula is C17H24F2N4O. The van der Waals surface area contributed by atoms with Gasteiger partial charge in [-0.05, 0) is 18.9 Å². The van der Waals surface area contributed by atoms with E-state index in [0.29, 0.717) is 12.6 Å². The quantitative estimate of drug-likeness (QED) is 0.914. The summed E-state index contributed by atoms with van der Waals surface area (Å²) in [4.78, 5) is 14.5. The highest BCUT2D eigenvalue weighted by Gasteiger charge is 2.48. The molecule has 0 bridgehead atoms. The predicted octanol–water partition coefficient (Wildman–Crippen LogP) is 2.03. The number of nitrogens with zero attached hydrogens (tertiary/aromatic N) is 3. The highest BCUT2D eigenvalue weighted by Crippen LogP contribution is 2.42. The summed E-state index contributed by atoms with van der Waals surface area (Å²) < 4.78 is 27.8. The van der Waals surface area contributed by atoms with Crippen LogP contribution in [0.25, 0.3) is 0 Å². The summed E-state index contributed by atoms with van der Waals surface area (Å²) in [5, 5.41) is 7.29. The minimum Gasteiger partial charge on any atom is -0.355 e. The molecule has 0 unspecified atom stereocenters. The Balaban J connectivity index is 1.36. The molecule has 1 atom stereocenters. The van der Waals surface area contributed by atoms with Crippen LogP contribution in [0.5, 0.6) is 0 Å². The van der Waals surface area contributed by atoms with Gasteiger partial charge < -0.3 is 5.32 Å². The van der Waals surface area contributed by atoms with Gasteiger partial charge in [0, 0.05) is 63.1 Å². The molecule has 1 N–H and O–H groups in total. The summed E-state index contributed by atoms with van der Waals surface area (Å²) in [6, 6.07) is 2.69. The van der Waals surface area contributed by atoms with Crippen LogP contribution in [0.15, 0.2) is 12.3 Å². The first kappa shape index (κ1) is 16.0. The van der Waals surface area contributed by atoms with Crippen molar-refractivity contribution in [1.29, 1.82) is 0 Å². The molecule has 4 rings (SSSR count). The third-order valence-corrected chi connectivity index (χ3v) is 5.71. The Morgan fingerprint density at radius 2 is 2.12 bits per heavy atom. The molecule has 5 nitrogen and oxygen atoms in total. The van der Waals surface area contributed by atoms with Crippen molar-refractivity contribution >= 4 is 5.91 Å². The van der Waals surface area contributed by atoms with Gasteiger partial charge in [-0.3, -0.25) is 14.4 Å². The molecule has 0 spiro atoms. The van der Waals surface area contributed by atoms with Crippen molar-refractivity contribution in [1.82, 2.24) is 20.0 Å². The lowest BCUT2D eigenvalue weighted by molar-refractivity contribution is -0.150. The first-order valence-electron chi connectivity index (χ1n) is 8.90. The van der Waals surface area contributed by atoms with Crippen LogP contribution >= 0.6 is 0 Å². The molecule has 24 heavy (non-hydrogen) atoms. The molecule has 132 valence electrons. The lowest BCUT2D eigenvalue weighted by Crippen LogP contribution is -2.47. The zero-order valence-corrected chi connectivity index (χ0v) is 13.8. The number of carbonyl (C=O) groups is 1. The van der Waals surface area contributed by atoms with Gasteiger partial charge in [0.1, 0.15) is 0 Å². The first-order valence-corrected chi connectivity index (χ1v) is 8.90. The SMILES string of the molecule is O=C(NC[C@H]1CN(C2CCC2)Cc2ccnn2C1)C1CC(F)(F)C1. The molecule has 2 heterocycles. The van der Waals surface area contributed by atoms with Gasteiger partial charge in [-0.25, -0.2) is 8.78 Å². The molecule has 3 aliphatic rings.